The summed E-state index contributed by atoms with van der Waals surface area (Å²) in [6, 6.07) is 1.20. The molecule has 8 nitrogen and oxygen atoms in total. The second-order valence-corrected chi connectivity index (χ2v) is 6.78. The Morgan fingerprint density at radius 2 is 2.12 bits per heavy atom. The van der Waals surface area contributed by atoms with Gasteiger partial charge in [-0.3, -0.25) is 14.3 Å². The van der Waals surface area contributed by atoms with Crippen molar-refractivity contribution in [2.75, 3.05) is 12.5 Å². The van der Waals surface area contributed by atoms with E-state index in [1.165, 1.54) is 16.8 Å². The van der Waals surface area contributed by atoms with Gasteiger partial charge in [-0.05, 0) is 12.8 Å². The van der Waals surface area contributed by atoms with E-state index >= 15 is 0 Å². The van der Waals surface area contributed by atoms with E-state index in [0.29, 0.717) is 12.8 Å². The molecule has 1 unspecified atom stereocenters. The number of aromatic amines is 1. The molecule has 134 valence electrons. The van der Waals surface area contributed by atoms with Crippen LogP contribution in [0.4, 0.5) is 0 Å². The van der Waals surface area contributed by atoms with Crippen LogP contribution in [0.5, 0.6) is 0 Å². The average Bonchev–Trinajstić information content (AvgIpc) is 3.12. The highest BCUT2D eigenvalue weighted by atomic mass is 35.5. The van der Waals surface area contributed by atoms with E-state index in [1.807, 2.05) is 0 Å². The Hall–Kier alpha value is -1.19. The predicted molar refractivity (Wildman–Crippen MR) is 84.9 cm³/mol. The van der Waals surface area contributed by atoms with Gasteiger partial charge in [0.05, 0.1) is 12.5 Å². The number of rotatable bonds is 5. The fraction of sp³-hybridized carbons (Fsp3) is 0.733. The SMILES string of the molecule is O=c1ccn([C@@H]2O[C@@](CO)(CCl)CC2OC2(O)CCCC2)c(=O)[nH]1. The lowest BCUT2D eigenvalue weighted by molar-refractivity contribution is -0.240. The predicted octanol–water partition coefficient (Wildman–Crippen LogP) is 0.0732. The summed E-state index contributed by atoms with van der Waals surface area (Å²) in [6.07, 6.45) is 2.68. The van der Waals surface area contributed by atoms with Gasteiger partial charge in [-0.15, -0.1) is 11.6 Å². The molecule has 0 radical (unpaired) electrons. The quantitative estimate of drug-likeness (QED) is 0.506. The van der Waals surface area contributed by atoms with Gasteiger partial charge in [0.25, 0.3) is 5.56 Å². The molecule has 1 aliphatic carbocycles. The smallest absolute Gasteiger partial charge is 0.330 e. The van der Waals surface area contributed by atoms with Crippen LogP contribution >= 0.6 is 11.6 Å². The van der Waals surface area contributed by atoms with E-state index in [4.69, 9.17) is 21.1 Å². The second kappa shape index (κ2) is 6.61. The molecule has 9 heteroatoms. The molecule has 0 amide bonds. The van der Waals surface area contributed by atoms with Crippen LogP contribution in [0.25, 0.3) is 0 Å². The van der Waals surface area contributed by atoms with Crippen molar-refractivity contribution in [3.8, 4) is 0 Å². The number of aliphatic hydroxyl groups is 2. The number of aliphatic hydroxyl groups excluding tert-OH is 1. The third-order valence-electron chi connectivity index (χ3n) is 4.67. The minimum absolute atomic E-state index is 0.0103. The third-order valence-corrected chi connectivity index (χ3v) is 5.16. The molecule has 2 heterocycles. The van der Waals surface area contributed by atoms with E-state index in [2.05, 4.69) is 4.98 Å². The molecule has 0 bridgehead atoms. The van der Waals surface area contributed by atoms with Gasteiger partial charge in [0.1, 0.15) is 11.7 Å². The zero-order valence-corrected chi connectivity index (χ0v) is 13.9. The van der Waals surface area contributed by atoms with Crippen molar-refractivity contribution in [2.45, 2.75) is 55.8 Å². The van der Waals surface area contributed by atoms with Gasteiger partial charge in [0, 0.05) is 31.5 Å². The molecule has 1 aliphatic heterocycles. The van der Waals surface area contributed by atoms with Gasteiger partial charge in [0.2, 0.25) is 0 Å². The number of hydrogen-bond acceptors (Lipinski definition) is 6. The first-order chi connectivity index (χ1) is 11.4. The highest BCUT2D eigenvalue weighted by Crippen LogP contribution is 2.42. The number of nitrogens with one attached hydrogen (secondary N) is 1. The Labute approximate surface area is 143 Å². The lowest BCUT2D eigenvalue weighted by atomic mass is 10.0. The molecule has 0 aromatic carbocycles. The molecule has 2 aliphatic rings. The number of H-pyrrole nitrogens is 1. The number of aromatic nitrogens is 2. The summed E-state index contributed by atoms with van der Waals surface area (Å²) >= 11 is 5.95. The zero-order chi connectivity index (χ0) is 17.4. The molecular weight excluding hydrogens is 340 g/mol. The van der Waals surface area contributed by atoms with Crippen LogP contribution in [0.15, 0.2) is 21.9 Å². The van der Waals surface area contributed by atoms with E-state index in [0.717, 1.165) is 12.8 Å². The molecule has 3 atom stereocenters. The topological polar surface area (TPSA) is 114 Å². The molecule has 1 aromatic heterocycles. The maximum atomic E-state index is 12.1. The van der Waals surface area contributed by atoms with E-state index in [9.17, 15) is 19.8 Å². The summed E-state index contributed by atoms with van der Waals surface area (Å²) in [6.45, 7) is -0.344. The largest absolute Gasteiger partial charge is 0.393 e. The molecule has 24 heavy (non-hydrogen) atoms. The fourth-order valence-electron chi connectivity index (χ4n) is 3.37. The van der Waals surface area contributed by atoms with E-state index < -0.39 is 35.0 Å². The highest BCUT2D eigenvalue weighted by Gasteiger charge is 2.50. The van der Waals surface area contributed by atoms with Crippen LogP contribution in [0.3, 0.4) is 0 Å². The molecular formula is C15H21ClN2O6. The van der Waals surface area contributed by atoms with E-state index in [1.54, 1.807) is 0 Å². The van der Waals surface area contributed by atoms with Gasteiger partial charge < -0.3 is 19.7 Å². The van der Waals surface area contributed by atoms with Crippen LogP contribution < -0.4 is 11.2 Å². The van der Waals surface area contributed by atoms with Gasteiger partial charge >= 0.3 is 5.69 Å². The number of halogens is 1. The van der Waals surface area contributed by atoms with Crippen LogP contribution in [0.1, 0.15) is 38.3 Å². The molecule has 1 saturated heterocycles. The Morgan fingerprint density at radius 3 is 2.71 bits per heavy atom. The Bertz CT molecular complexity index is 692. The van der Waals surface area contributed by atoms with Crippen LogP contribution in [0, 0.1) is 0 Å². The molecule has 0 spiro atoms. The van der Waals surface area contributed by atoms with E-state index in [-0.39, 0.29) is 18.9 Å². The van der Waals surface area contributed by atoms with Crippen molar-refractivity contribution in [3.05, 3.63) is 33.1 Å². The number of ether oxygens (including phenoxy) is 2. The summed E-state index contributed by atoms with van der Waals surface area (Å²) in [5.74, 6) is -1.26. The van der Waals surface area contributed by atoms with Crippen molar-refractivity contribution in [2.24, 2.45) is 0 Å². The van der Waals surface area contributed by atoms with Gasteiger partial charge in [-0.25, -0.2) is 4.79 Å². The number of hydrogen-bond donors (Lipinski definition) is 3. The first-order valence-corrected chi connectivity index (χ1v) is 8.50. The first-order valence-electron chi connectivity index (χ1n) is 7.97. The number of alkyl halides is 1. The molecule has 1 aromatic rings. The number of nitrogens with zero attached hydrogens (tertiary/aromatic N) is 1. The summed E-state index contributed by atoms with van der Waals surface area (Å²) in [5.41, 5.74) is -2.24. The maximum absolute atomic E-state index is 12.1. The molecule has 2 fully saturated rings. The lowest BCUT2D eigenvalue weighted by Crippen LogP contribution is -2.40. The molecule has 3 rings (SSSR count). The van der Waals surface area contributed by atoms with Crippen molar-refractivity contribution in [3.63, 3.8) is 0 Å². The highest BCUT2D eigenvalue weighted by molar-refractivity contribution is 6.18. The summed E-state index contributed by atoms with van der Waals surface area (Å²) < 4.78 is 12.9. The van der Waals surface area contributed by atoms with Gasteiger partial charge in [-0.1, -0.05) is 0 Å². The van der Waals surface area contributed by atoms with Gasteiger partial charge in [-0.2, -0.15) is 0 Å². The summed E-state index contributed by atoms with van der Waals surface area (Å²) in [7, 11) is 0. The summed E-state index contributed by atoms with van der Waals surface area (Å²) in [5, 5.41) is 20.2. The Balaban J connectivity index is 1.93. The third kappa shape index (κ3) is 3.29. The normalized spacial score (nSPS) is 32.3. The fourth-order valence-corrected chi connectivity index (χ4v) is 3.62. The zero-order valence-electron chi connectivity index (χ0n) is 13.1. The van der Waals surface area contributed by atoms with Crippen molar-refractivity contribution < 1.29 is 19.7 Å². The minimum Gasteiger partial charge on any atom is -0.393 e. The minimum atomic E-state index is -1.27. The van der Waals surface area contributed by atoms with Gasteiger partial charge in [0.15, 0.2) is 12.0 Å². The van der Waals surface area contributed by atoms with Crippen LogP contribution in [-0.2, 0) is 9.47 Å². The lowest BCUT2D eigenvalue weighted by Gasteiger charge is -2.29. The first kappa shape index (κ1) is 17.6. The Kier molecular flexibility index (Phi) is 4.85. The van der Waals surface area contributed by atoms with Crippen LogP contribution in [0.2, 0.25) is 0 Å². The second-order valence-electron chi connectivity index (χ2n) is 6.51. The van der Waals surface area contributed by atoms with Crippen molar-refractivity contribution >= 4 is 11.6 Å². The summed E-state index contributed by atoms with van der Waals surface area (Å²) in [4.78, 5) is 25.5. The van der Waals surface area contributed by atoms with Crippen molar-refractivity contribution in [1.82, 2.24) is 9.55 Å². The standard InChI is InChI=1S/C15H21ClN2O6/c16-8-14(9-19)7-10(23-15(22)4-1-2-5-15)12(24-14)18-6-3-11(20)17-13(18)21/h3,6,10,12,19,22H,1-2,4-5,7-9H2,(H,17,20,21)/t10?,12-,14-/m1/s1. The van der Waals surface area contributed by atoms with Crippen LogP contribution in [-0.4, -0.2) is 49.7 Å². The maximum Gasteiger partial charge on any atom is 0.330 e. The van der Waals surface area contributed by atoms with Crippen molar-refractivity contribution in [1.29, 1.82) is 0 Å². The molecule has 3 N–H and O–H groups in total. The average molecular weight is 361 g/mol. The Morgan fingerprint density at radius 1 is 1.42 bits per heavy atom. The monoisotopic (exact) mass is 360 g/mol. The molecule has 1 saturated carbocycles.